The Morgan fingerprint density at radius 2 is 2.21 bits per heavy atom. The number of carbonyl (C=O) groups is 1. The number of rotatable bonds is 5. The zero-order chi connectivity index (χ0) is 16.5. The van der Waals surface area contributed by atoms with E-state index in [-0.39, 0.29) is 5.91 Å². The molecule has 0 unspecified atom stereocenters. The average Bonchev–Trinajstić information content (AvgIpc) is 3.16. The number of nitrogens with zero attached hydrogens (tertiary/aromatic N) is 4. The summed E-state index contributed by atoms with van der Waals surface area (Å²) in [5.41, 5.74) is 2.96. The summed E-state index contributed by atoms with van der Waals surface area (Å²) in [7, 11) is 0. The van der Waals surface area contributed by atoms with Crippen LogP contribution in [-0.4, -0.2) is 31.1 Å². The molecule has 1 fully saturated rings. The molecule has 6 heteroatoms. The van der Waals surface area contributed by atoms with Crippen molar-refractivity contribution in [2.45, 2.75) is 38.8 Å². The molecule has 0 atom stereocenters. The third kappa shape index (κ3) is 2.91. The second-order valence-electron chi connectivity index (χ2n) is 6.64. The van der Waals surface area contributed by atoms with Crippen molar-refractivity contribution in [3.63, 3.8) is 0 Å². The van der Waals surface area contributed by atoms with Crippen LogP contribution in [0.1, 0.15) is 24.1 Å². The van der Waals surface area contributed by atoms with Gasteiger partial charge in [0.15, 0.2) is 0 Å². The third-order valence-corrected chi connectivity index (χ3v) is 4.75. The average molecular weight is 323 g/mol. The number of pyridine rings is 1. The van der Waals surface area contributed by atoms with E-state index in [9.17, 15) is 4.79 Å². The fourth-order valence-electron chi connectivity index (χ4n) is 3.45. The lowest BCUT2D eigenvalue weighted by molar-refractivity contribution is -0.122. The van der Waals surface area contributed by atoms with Crippen LogP contribution in [0.15, 0.2) is 43.0 Å². The van der Waals surface area contributed by atoms with Gasteiger partial charge in [-0.2, -0.15) is 5.10 Å². The van der Waals surface area contributed by atoms with E-state index in [4.69, 9.17) is 0 Å². The van der Waals surface area contributed by atoms with Gasteiger partial charge in [0.2, 0.25) is 5.91 Å². The zero-order valence-corrected chi connectivity index (χ0v) is 13.7. The van der Waals surface area contributed by atoms with Crippen molar-refractivity contribution in [2.75, 3.05) is 0 Å². The second-order valence-corrected chi connectivity index (χ2v) is 6.64. The monoisotopic (exact) mass is 323 g/mol. The molecule has 124 valence electrons. The summed E-state index contributed by atoms with van der Waals surface area (Å²) < 4.78 is 3.96. The van der Waals surface area contributed by atoms with Gasteiger partial charge in [0, 0.05) is 37.4 Å². The first-order valence-corrected chi connectivity index (χ1v) is 8.37. The van der Waals surface area contributed by atoms with Gasteiger partial charge >= 0.3 is 0 Å². The highest BCUT2D eigenvalue weighted by atomic mass is 16.1. The molecule has 0 radical (unpaired) electrons. The SMILES string of the molecule is Cc1cccn2c(CC(=O)NC3CC(Cn4cccn4)C3)cnc12. The van der Waals surface area contributed by atoms with Crippen molar-refractivity contribution in [2.24, 2.45) is 5.92 Å². The minimum Gasteiger partial charge on any atom is -0.353 e. The Morgan fingerprint density at radius 1 is 1.33 bits per heavy atom. The number of carbonyl (C=O) groups excluding carboxylic acids is 1. The predicted molar refractivity (Wildman–Crippen MR) is 90.5 cm³/mol. The summed E-state index contributed by atoms with van der Waals surface area (Å²) in [5, 5.41) is 7.36. The number of imidazole rings is 1. The molecule has 1 aliphatic carbocycles. The number of hydrogen-bond donors (Lipinski definition) is 1. The number of amides is 1. The Morgan fingerprint density at radius 3 is 3.00 bits per heavy atom. The highest BCUT2D eigenvalue weighted by molar-refractivity contribution is 5.78. The molecule has 1 amide bonds. The van der Waals surface area contributed by atoms with Crippen molar-refractivity contribution < 1.29 is 4.79 Å². The number of fused-ring (bicyclic) bond motifs is 1. The molecule has 0 bridgehead atoms. The second kappa shape index (κ2) is 6.11. The van der Waals surface area contributed by atoms with Gasteiger partial charge in [-0.15, -0.1) is 0 Å². The maximum atomic E-state index is 12.3. The molecule has 1 saturated carbocycles. The molecular formula is C18H21N5O. The van der Waals surface area contributed by atoms with E-state index in [1.807, 2.05) is 46.6 Å². The largest absolute Gasteiger partial charge is 0.353 e. The first-order valence-electron chi connectivity index (χ1n) is 8.37. The first-order chi connectivity index (χ1) is 11.7. The summed E-state index contributed by atoms with van der Waals surface area (Å²) in [4.78, 5) is 16.7. The predicted octanol–water partition coefficient (Wildman–Crippen LogP) is 1.98. The minimum absolute atomic E-state index is 0.0702. The van der Waals surface area contributed by atoms with Crippen LogP contribution in [0.5, 0.6) is 0 Å². The van der Waals surface area contributed by atoms with Gasteiger partial charge in [-0.25, -0.2) is 4.98 Å². The molecule has 0 aliphatic heterocycles. The summed E-state index contributed by atoms with van der Waals surface area (Å²) in [5.74, 6) is 0.675. The van der Waals surface area contributed by atoms with Crippen LogP contribution in [0, 0.1) is 12.8 Å². The molecule has 1 aliphatic rings. The molecule has 24 heavy (non-hydrogen) atoms. The van der Waals surface area contributed by atoms with Gasteiger partial charge in [-0.1, -0.05) is 6.07 Å². The zero-order valence-electron chi connectivity index (χ0n) is 13.7. The van der Waals surface area contributed by atoms with Gasteiger partial charge in [-0.3, -0.25) is 9.48 Å². The highest BCUT2D eigenvalue weighted by Gasteiger charge is 2.30. The minimum atomic E-state index is 0.0702. The van der Waals surface area contributed by atoms with Gasteiger partial charge in [0.25, 0.3) is 0 Å². The molecule has 4 rings (SSSR count). The van der Waals surface area contributed by atoms with Crippen LogP contribution in [0.3, 0.4) is 0 Å². The van der Waals surface area contributed by atoms with Crippen molar-refractivity contribution in [3.05, 3.63) is 54.2 Å². The normalized spacial score (nSPS) is 20.0. The molecule has 3 aromatic rings. The van der Waals surface area contributed by atoms with Crippen molar-refractivity contribution in [1.82, 2.24) is 24.5 Å². The maximum Gasteiger partial charge on any atom is 0.226 e. The Balaban J connectivity index is 1.30. The topological polar surface area (TPSA) is 64.2 Å². The number of hydrogen-bond acceptors (Lipinski definition) is 3. The van der Waals surface area contributed by atoms with Crippen LogP contribution < -0.4 is 5.32 Å². The fourth-order valence-corrected chi connectivity index (χ4v) is 3.45. The van der Waals surface area contributed by atoms with E-state index >= 15 is 0 Å². The number of aromatic nitrogens is 4. The van der Waals surface area contributed by atoms with Gasteiger partial charge in [0.1, 0.15) is 5.65 Å². The summed E-state index contributed by atoms with van der Waals surface area (Å²) in [6.45, 7) is 2.96. The van der Waals surface area contributed by atoms with Gasteiger partial charge in [0.05, 0.1) is 12.1 Å². The molecular weight excluding hydrogens is 302 g/mol. The van der Waals surface area contributed by atoms with Crippen LogP contribution in [0.25, 0.3) is 5.65 Å². The quantitative estimate of drug-likeness (QED) is 0.781. The number of nitrogens with one attached hydrogen (secondary N) is 1. The summed E-state index contributed by atoms with van der Waals surface area (Å²) in [6, 6.07) is 6.24. The Bertz CT molecular complexity index is 846. The summed E-state index contributed by atoms with van der Waals surface area (Å²) in [6.07, 6.45) is 9.96. The van der Waals surface area contributed by atoms with Crippen LogP contribution in [-0.2, 0) is 17.8 Å². The van der Waals surface area contributed by atoms with E-state index < -0.39 is 0 Å². The van der Waals surface area contributed by atoms with E-state index in [0.717, 1.165) is 36.3 Å². The lowest BCUT2D eigenvalue weighted by Gasteiger charge is -2.35. The standard InChI is InChI=1S/C18H21N5O/c1-13-4-2-7-23-16(11-19-18(13)23)10-17(24)21-15-8-14(9-15)12-22-6-3-5-20-22/h2-7,11,14-15H,8-10,12H2,1H3,(H,21,24). The van der Waals surface area contributed by atoms with Gasteiger partial charge < -0.3 is 9.72 Å². The lowest BCUT2D eigenvalue weighted by atomic mass is 9.80. The van der Waals surface area contributed by atoms with E-state index in [0.29, 0.717) is 18.4 Å². The van der Waals surface area contributed by atoms with Gasteiger partial charge in [-0.05, 0) is 43.4 Å². The smallest absolute Gasteiger partial charge is 0.226 e. The molecule has 3 aromatic heterocycles. The van der Waals surface area contributed by atoms with E-state index in [2.05, 4.69) is 15.4 Å². The molecule has 0 saturated heterocycles. The van der Waals surface area contributed by atoms with Crippen molar-refractivity contribution >= 4 is 11.6 Å². The Kier molecular flexibility index (Phi) is 3.80. The first kappa shape index (κ1) is 14.9. The van der Waals surface area contributed by atoms with Crippen molar-refractivity contribution in [1.29, 1.82) is 0 Å². The van der Waals surface area contributed by atoms with E-state index in [1.54, 1.807) is 12.4 Å². The van der Waals surface area contributed by atoms with Crippen LogP contribution >= 0.6 is 0 Å². The Labute approximate surface area is 140 Å². The highest BCUT2D eigenvalue weighted by Crippen LogP contribution is 2.28. The van der Waals surface area contributed by atoms with Crippen molar-refractivity contribution in [3.8, 4) is 0 Å². The molecule has 0 aromatic carbocycles. The number of aryl methyl sites for hydroxylation is 1. The maximum absolute atomic E-state index is 12.3. The Hall–Kier alpha value is -2.63. The molecule has 3 heterocycles. The van der Waals surface area contributed by atoms with Crippen LogP contribution in [0.2, 0.25) is 0 Å². The van der Waals surface area contributed by atoms with Crippen LogP contribution in [0.4, 0.5) is 0 Å². The fraction of sp³-hybridized carbons (Fsp3) is 0.389. The molecule has 1 N–H and O–H groups in total. The molecule has 6 nitrogen and oxygen atoms in total. The third-order valence-electron chi connectivity index (χ3n) is 4.75. The summed E-state index contributed by atoms with van der Waals surface area (Å²) >= 11 is 0. The lowest BCUT2D eigenvalue weighted by Crippen LogP contribution is -2.46. The molecule has 0 spiro atoms. The van der Waals surface area contributed by atoms with E-state index in [1.165, 1.54) is 0 Å².